The molecule has 0 N–H and O–H groups in total. The molecule has 0 aliphatic heterocycles. The predicted molar refractivity (Wildman–Crippen MR) is 54.1 cm³/mol. The average molecular weight is 200 g/mol. The summed E-state index contributed by atoms with van der Waals surface area (Å²) in [4.78, 5) is 11.2. The minimum atomic E-state index is -0.0609. The Kier molecular flexibility index (Phi) is 4.94. The smallest absolute Gasteiger partial charge is 0.306 e. The lowest BCUT2D eigenvalue weighted by Crippen LogP contribution is -2.29. The third kappa shape index (κ3) is 3.66. The second-order valence-electron chi connectivity index (χ2n) is 3.89. The van der Waals surface area contributed by atoms with Crippen LogP contribution in [0.1, 0.15) is 45.4 Å². The standard InChI is InChI=1S/C11H20O3/c1-3-5-11(12)14-10-7-4-6-9(8-10)13-2/h9-10H,3-8H2,1-2H3. The second-order valence-corrected chi connectivity index (χ2v) is 3.89. The molecule has 82 valence electrons. The van der Waals surface area contributed by atoms with Crippen molar-refractivity contribution in [2.45, 2.75) is 57.7 Å². The van der Waals surface area contributed by atoms with Crippen LogP contribution in [0.15, 0.2) is 0 Å². The Balaban J connectivity index is 2.26. The van der Waals surface area contributed by atoms with Gasteiger partial charge in [-0.05, 0) is 25.7 Å². The van der Waals surface area contributed by atoms with E-state index in [0.717, 1.165) is 32.1 Å². The molecule has 1 aliphatic carbocycles. The van der Waals surface area contributed by atoms with Gasteiger partial charge in [0, 0.05) is 20.0 Å². The highest BCUT2D eigenvalue weighted by Crippen LogP contribution is 2.23. The Morgan fingerprint density at radius 3 is 2.71 bits per heavy atom. The largest absolute Gasteiger partial charge is 0.462 e. The molecule has 0 heterocycles. The topological polar surface area (TPSA) is 35.5 Å². The molecule has 2 unspecified atom stereocenters. The predicted octanol–water partition coefficient (Wildman–Crippen LogP) is 2.29. The number of hydrogen-bond acceptors (Lipinski definition) is 3. The van der Waals surface area contributed by atoms with E-state index in [1.807, 2.05) is 6.92 Å². The van der Waals surface area contributed by atoms with Crippen LogP contribution in [-0.4, -0.2) is 25.3 Å². The summed E-state index contributed by atoms with van der Waals surface area (Å²) in [5.74, 6) is -0.0609. The van der Waals surface area contributed by atoms with Gasteiger partial charge in [0.1, 0.15) is 6.10 Å². The van der Waals surface area contributed by atoms with Crippen molar-refractivity contribution in [2.75, 3.05) is 7.11 Å². The van der Waals surface area contributed by atoms with Gasteiger partial charge in [-0.15, -0.1) is 0 Å². The lowest BCUT2D eigenvalue weighted by Gasteiger charge is -2.27. The van der Waals surface area contributed by atoms with Crippen LogP contribution in [0.25, 0.3) is 0 Å². The summed E-state index contributed by atoms with van der Waals surface area (Å²) in [6, 6.07) is 0. The Labute approximate surface area is 85.8 Å². The van der Waals surface area contributed by atoms with E-state index in [0.29, 0.717) is 6.42 Å². The molecule has 1 fully saturated rings. The molecule has 0 bridgehead atoms. The summed E-state index contributed by atoms with van der Waals surface area (Å²) < 4.78 is 10.6. The first-order chi connectivity index (χ1) is 6.76. The Bertz CT molecular complexity index is 179. The third-order valence-electron chi connectivity index (χ3n) is 2.66. The van der Waals surface area contributed by atoms with Crippen molar-refractivity contribution in [3.8, 4) is 0 Å². The van der Waals surface area contributed by atoms with Crippen LogP contribution in [0.2, 0.25) is 0 Å². The van der Waals surface area contributed by atoms with Crippen LogP contribution in [0.3, 0.4) is 0 Å². The first-order valence-corrected chi connectivity index (χ1v) is 5.48. The molecule has 3 heteroatoms. The maximum absolute atomic E-state index is 11.2. The molecule has 3 nitrogen and oxygen atoms in total. The normalized spacial score (nSPS) is 27.3. The zero-order valence-electron chi connectivity index (χ0n) is 9.12. The molecule has 1 saturated carbocycles. The highest BCUT2D eigenvalue weighted by molar-refractivity contribution is 5.69. The van der Waals surface area contributed by atoms with Crippen molar-refractivity contribution in [2.24, 2.45) is 0 Å². The van der Waals surface area contributed by atoms with Crippen molar-refractivity contribution < 1.29 is 14.3 Å². The van der Waals surface area contributed by atoms with Gasteiger partial charge in [-0.25, -0.2) is 0 Å². The summed E-state index contributed by atoms with van der Waals surface area (Å²) in [6.45, 7) is 1.99. The Morgan fingerprint density at radius 2 is 2.07 bits per heavy atom. The second kappa shape index (κ2) is 6.02. The zero-order chi connectivity index (χ0) is 10.4. The van der Waals surface area contributed by atoms with Gasteiger partial charge in [0.15, 0.2) is 0 Å². The number of methoxy groups -OCH3 is 1. The van der Waals surface area contributed by atoms with E-state index in [4.69, 9.17) is 9.47 Å². The molecule has 14 heavy (non-hydrogen) atoms. The molecule has 0 aromatic heterocycles. The highest BCUT2D eigenvalue weighted by Gasteiger charge is 2.24. The molecule has 0 amide bonds. The molecule has 0 aromatic rings. The summed E-state index contributed by atoms with van der Waals surface area (Å²) in [5.41, 5.74) is 0. The van der Waals surface area contributed by atoms with Crippen LogP contribution in [0.4, 0.5) is 0 Å². The molecule has 0 spiro atoms. The minimum absolute atomic E-state index is 0.0609. The minimum Gasteiger partial charge on any atom is -0.462 e. The van der Waals surface area contributed by atoms with Gasteiger partial charge in [0.25, 0.3) is 0 Å². The number of ether oxygens (including phenoxy) is 2. The van der Waals surface area contributed by atoms with E-state index in [-0.39, 0.29) is 18.2 Å². The summed E-state index contributed by atoms with van der Waals surface area (Å²) in [6.07, 6.45) is 5.83. The van der Waals surface area contributed by atoms with E-state index >= 15 is 0 Å². The SMILES string of the molecule is CCCC(=O)OC1CCCC(OC)C1. The van der Waals surface area contributed by atoms with Gasteiger partial charge in [-0.3, -0.25) is 4.79 Å². The van der Waals surface area contributed by atoms with Gasteiger partial charge < -0.3 is 9.47 Å². The Hall–Kier alpha value is -0.570. The van der Waals surface area contributed by atoms with Crippen molar-refractivity contribution in [3.63, 3.8) is 0 Å². The molecule has 2 atom stereocenters. The van der Waals surface area contributed by atoms with E-state index in [9.17, 15) is 4.79 Å². The Morgan fingerprint density at radius 1 is 1.36 bits per heavy atom. The van der Waals surface area contributed by atoms with E-state index in [1.165, 1.54) is 0 Å². The quantitative estimate of drug-likeness (QED) is 0.653. The highest BCUT2D eigenvalue weighted by atomic mass is 16.5. The summed E-state index contributed by atoms with van der Waals surface area (Å²) >= 11 is 0. The van der Waals surface area contributed by atoms with Crippen molar-refractivity contribution in [1.29, 1.82) is 0 Å². The van der Waals surface area contributed by atoms with Crippen LogP contribution >= 0.6 is 0 Å². The monoisotopic (exact) mass is 200 g/mol. The number of carbonyl (C=O) groups excluding carboxylic acids is 1. The van der Waals surface area contributed by atoms with Crippen molar-refractivity contribution in [1.82, 2.24) is 0 Å². The fourth-order valence-corrected chi connectivity index (χ4v) is 1.87. The van der Waals surface area contributed by atoms with Crippen molar-refractivity contribution in [3.05, 3.63) is 0 Å². The summed E-state index contributed by atoms with van der Waals surface area (Å²) in [5, 5.41) is 0. The van der Waals surface area contributed by atoms with Gasteiger partial charge in [-0.1, -0.05) is 6.92 Å². The molecule has 0 radical (unpaired) electrons. The van der Waals surface area contributed by atoms with Crippen LogP contribution in [0, 0.1) is 0 Å². The van der Waals surface area contributed by atoms with Gasteiger partial charge >= 0.3 is 5.97 Å². The molecule has 0 aromatic carbocycles. The maximum atomic E-state index is 11.2. The zero-order valence-corrected chi connectivity index (χ0v) is 9.12. The van der Waals surface area contributed by atoms with Crippen LogP contribution in [0.5, 0.6) is 0 Å². The van der Waals surface area contributed by atoms with Crippen molar-refractivity contribution >= 4 is 5.97 Å². The number of rotatable bonds is 4. The number of carbonyl (C=O) groups is 1. The van der Waals surface area contributed by atoms with Gasteiger partial charge in [-0.2, -0.15) is 0 Å². The molecular formula is C11H20O3. The molecule has 1 rings (SSSR count). The molecular weight excluding hydrogens is 180 g/mol. The number of hydrogen-bond donors (Lipinski definition) is 0. The lowest BCUT2D eigenvalue weighted by molar-refractivity contribution is -0.152. The first-order valence-electron chi connectivity index (χ1n) is 5.48. The fraction of sp³-hybridized carbons (Fsp3) is 0.909. The molecule has 0 saturated heterocycles. The van der Waals surface area contributed by atoms with Crippen LogP contribution < -0.4 is 0 Å². The maximum Gasteiger partial charge on any atom is 0.306 e. The summed E-state index contributed by atoms with van der Waals surface area (Å²) in [7, 11) is 1.72. The van der Waals surface area contributed by atoms with E-state index in [2.05, 4.69) is 0 Å². The lowest BCUT2D eigenvalue weighted by atomic mass is 9.95. The molecule has 1 aliphatic rings. The van der Waals surface area contributed by atoms with E-state index < -0.39 is 0 Å². The van der Waals surface area contributed by atoms with Gasteiger partial charge in [0.2, 0.25) is 0 Å². The van der Waals surface area contributed by atoms with E-state index in [1.54, 1.807) is 7.11 Å². The fourth-order valence-electron chi connectivity index (χ4n) is 1.87. The number of esters is 1. The average Bonchev–Trinajstić information content (AvgIpc) is 2.18. The van der Waals surface area contributed by atoms with Gasteiger partial charge in [0.05, 0.1) is 6.10 Å². The van der Waals surface area contributed by atoms with Crippen LogP contribution in [-0.2, 0) is 14.3 Å². The third-order valence-corrected chi connectivity index (χ3v) is 2.66. The first kappa shape index (κ1) is 11.5.